The number of amides is 1. The van der Waals surface area contributed by atoms with Crippen LogP contribution >= 0.6 is 0 Å². The molecule has 4 heteroatoms. The lowest BCUT2D eigenvalue weighted by Crippen LogP contribution is -2.35. The highest BCUT2D eigenvalue weighted by atomic mass is 16.5. The van der Waals surface area contributed by atoms with Crippen molar-refractivity contribution in [1.82, 2.24) is 4.90 Å². The third kappa shape index (κ3) is 4.50. The van der Waals surface area contributed by atoms with Crippen LogP contribution in [-0.2, 0) is 16.1 Å². The molecule has 1 aromatic rings. The van der Waals surface area contributed by atoms with Crippen molar-refractivity contribution in [2.24, 2.45) is 0 Å². The smallest absolute Gasteiger partial charge is 0.248 e. The molecule has 2 rings (SSSR count). The van der Waals surface area contributed by atoms with Gasteiger partial charge < -0.3 is 10.1 Å². The van der Waals surface area contributed by atoms with Gasteiger partial charge in [0.1, 0.15) is 0 Å². The van der Waals surface area contributed by atoms with E-state index in [4.69, 9.17) is 4.74 Å². The quantitative estimate of drug-likeness (QED) is 0.842. The molecule has 0 unspecified atom stereocenters. The van der Waals surface area contributed by atoms with Crippen molar-refractivity contribution in [3.8, 4) is 0 Å². The summed E-state index contributed by atoms with van der Waals surface area (Å²) in [6.07, 6.45) is 3.24. The molecular weight excluding hydrogens is 240 g/mol. The molecule has 0 aliphatic carbocycles. The van der Waals surface area contributed by atoms with Gasteiger partial charge >= 0.3 is 0 Å². The number of morpholine rings is 1. The normalized spacial score (nSPS) is 16.7. The number of allylic oxidation sites excluding steroid dienone is 1. The van der Waals surface area contributed by atoms with Gasteiger partial charge in [-0.15, -0.1) is 0 Å². The van der Waals surface area contributed by atoms with E-state index in [-0.39, 0.29) is 5.91 Å². The fourth-order valence-electron chi connectivity index (χ4n) is 2.05. The number of hydrogen-bond acceptors (Lipinski definition) is 3. The molecule has 0 radical (unpaired) electrons. The Labute approximate surface area is 114 Å². The van der Waals surface area contributed by atoms with Crippen molar-refractivity contribution in [3.63, 3.8) is 0 Å². The lowest BCUT2D eigenvalue weighted by atomic mass is 10.2. The van der Waals surface area contributed by atoms with Crippen LogP contribution < -0.4 is 5.32 Å². The van der Waals surface area contributed by atoms with E-state index in [0.717, 1.165) is 38.5 Å². The topological polar surface area (TPSA) is 41.6 Å². The van der Waals surface area contributed by atoms with Crippen LogP contribution in [0.3, 0.4) is 0 Å². The lowest BCUT2D eigenvalue weighted by Gasteiger charge is -2.26. The van der Waals surface area contributed by atoms with Crippen LogP contribution in [0.2, 0.25) is 0 Å². The van der Waals surface area contributed by atoms with E-state index in [1.165, 1.54) is 11.6 Å². The number of carbonyl (C=O) groups is 1. The van der Waals surface area contributed by atoms with Crippen molar-refractivity contribution in [1.29, 1.82) is 0 Å². The van der Waals surface area contributed by atoms with Gasteiger partial charge in [-0.3, -0.25) is 9.69 Å². The van der Waals surface area contributed by atoms with Gasteiger partial charge in [0, 0.05) is 25.3 Å². The van der Waals surface area contributed by atoms with Gasteiger partial charge in [0.05, 0.1) is 13.2 Å². The monoisotopic (exact) mass is 260 g/mol. The average Bonchev–Trinajstić information content (AvgIpc) is 2.42. The van der Waals surface area contributed by atoms with Crippen molar-refractivity contribution in [3.05, 3.63) is 42.0 Å². The van der Waals surface area contributed by atoms with Crippen LogP contribution in [0.5, 0.6) is 0 Å². The number of nitrogens with zero attached hydrogens (tertiary/aromatic N) is 1. The highest BCUT2D eigenvalue weighted by molar-refractivity contribution is 5.99. The van der Waals surface area contributed by atoms with Crippen LogP contribution in [0, 0.1) is 0 Å². The van der Waals surface area contributed by atoms with Gasteiger partial charge in [-0.05, 0) is 30.7 Å². The Morgan fingerprint density at radius 3 is 2.63 bits per heavy atom. The number of hydrogen-bond donors (Lipinski definition) is 1. The van der Waals surface area contributed by atoms with Gasteiger partial charge in [-0.2, -0.15) is 0 Å². The van der Waals surface area contributed by atoms with Crippen LogP contribution in [-0.4, -0.2) is 37.1 Å². The summed E-state index contributed by atoms with van der Waals surface area (Å²) in [7, 11) is 0. The molecule has 0 bridgehead atoms. The summed E-state index contributed by atoms with van der Waals surface area (Å²) >= 11 is 0. The van der Waals surface area contributed by atoms with Crippen LogP contribution in [0.1, 0.15) is 12.5 Å². The van der Waals surface area contributed by atoms with Crippen LogP contribution in [0.25, 0.3) is 0 Å². The van der Waals surface area contributed by atoms with Crippen molar-refractivity contribution >= 4 is 11.6 Å². The first-order valence-corrected chi connectivity index (χ1v) is 6.60. The standard InChI is InChI=1S/C15H20N2O2/c1-2-3-15(18)16-14-6-4-13(5-7-14)12-17-8-10-19-11-9-17/h2-7H,8-12H2,1H3,(H,16,18)/b3-2+. The molecule has 0 spiro atoms. The van der Waals surface area contributed by atoms with Crippen LogP contribution in [0.4, 0.5) is 5.69 Å². The second-order valence-corrected chi connectivity index (χ2v) is 4.57. The van der Waals surface area contributed by atoms with E-state index < -0.39 is 0 Å². The number of ether oxygens (including phenoxy) is 1. The maximum Gasteiger partial charge on any atom is 0.248 e. The summed E-state index contributed by atoms with van der Waals surface area (Å²) in [5.74, 6) is -0.0940. The molecule has 1 saturated heterocycles. The minimum absolute atomic E-state index is 0.0940. The van der Waals surface area contributed by atoms with E-state index in [9.17, 15) is 4.79 Å². The average molecular weight is 260 g/mol. The first-order chi connectivity index (χ1) is 9.28. The maximum absolute atomic E-state index is 11.4. The van der Waals surface area contributed by atoms with Gasteiger partial charge in [-0.1, -0.05) is 18.2 Å². The molecule has 1 N–H and O–H groups in total. The van der Waals surface area contributed by atoms with Crippen molar-refractivity contribution < 1.29 is 9.53 Å². The largest absolute Gasteiger partial charge is 0.379 e. The Kier molecular flexibility index (Phi) is 5.12. The molecule has 102 valence electrons. The highest BCUT2D eigenvalue weighted by Gasteiger charge is 2.10. The zero-order valence-electron chi connectivity index (χ0n) is 11.3. The van der Waals surface area contributed by atoms with E-state index in [0.29, 0.717) is 0 Å². The number of carbonyl (C=O) groups excluding carboxylic acids is 1. The summed E-state index contributed by atoms with van der Waals surface area (Å²) < 4.78 is 5.33. The zero-order chi connectivity index (χ0) is 13.5. The molecule has 1 amide bonds. The number of anilines is 1. The number of rotatable bonds is 4. The van der Waals surface area contributed by atoms with E-state index in [1.54, 1.807) is 6.08 Å². The summed E-state index contributed by atoms with van der Waals surface area (Å²) in [5, 5.41) is 2.81. The predicted octanol–water partition coefficient (Wildman–Crippen LogP) is 2.03. The Morgan fingerprint density at radius 1 is 1.32 bits per heavy atom. The molecule has 0 atom stereocenters. The molecular formula is C15H20N2O2. The zero-order valence-corrected chi connectivity index (χ0v) is 11.3. The first-order valence-electron chi connectivity index (χ1n) is 6.60. The maximum atomic E-state index is 11.4. The Bertz CT molecular complexity index is 434. The molecule has 0 saturated carbocycles. The molecule has 19 heavy (non-hydrogen) atoms. The van der Waals surface area contributed by atoms with Crippen LogP contribution in [0.15, 0.2) is 36.4 Å². The molecule has 0 aromatic heterocycles. The summed E-state index contributed by atoms with van der Waals surface area (Å²) in [5.41, 5.74) is 2.08. The van der Waals surface area contributed by atoms with Gasteiger partial charge in [0.15, 0.2) is 0 Å². The van der Waals surface area contributed by atoms with Crippen molar-refractivity contribution in [2.75, 3.05) is 31.6 Å². The molecule has 1 aliphatic rings. The SMILES string of the molecule is C/C=C/C(=O)Nc1ccc(CN2CCOCC2)cc1. The molecule has 1 heterocycles. The lowest BCUT2D eigenvalue weighted by molar-refractivity contribution is -0.111. The second-order valence-electron chi connectivity index (χ2n) is 4.57. The molecule has 4 nitrogen and oxygen atoms in total. The minimum Gasteiger partial charge on any atom is -0.379 e. The van der Waals surface area contributed by atoms with E-state index >= 15 is 0 Å². The Balaban J connectivity index is 1.88. The highest BCUT2D eigenvalue weighted by Crippen LogP contribution is 2.12. The van der Waals surface area contributed by atoms with E-state index in [1.807, 2.05) is 19.1 Å². The van der Waals surface area contributed by atoms with Gasteiger partial charge in [-0.25, -0.2) is 0 Å². The Hall–Kier alpha value is -1.65. The molecule has 1 fully saturated rings. The summed E-state index contributed by atoms with van der Waals surface area (Å²) in [6.45, 7) is 6.37. The minimum atomic E-state index is -0.0940. The summed E-state index contributed by atoms with van der Waals surface area (Å²) in [4.78, 5) is 13.8. The third-order valence-electron chi connectivity index (χ3n) is 3.05. The molecule has 1 aromatic carbocycles. The third-order valence-corrected chi connectivity index (χ3v) is 3.05. The second kappa shape index (κ2) is 7.07. The van der Waals surface area contributed by atoms with Gasteiger partial charge in [0.25, 0.3) is 0 Å². The first kappa shape index (κ1) is 13.8. The predicted molar refractivity (Wildman–Crippen MR) is 76.0 cm³/mol. The fraction of sp³-hybridized carbons (Fsp3) is 0.400. The Morgan fingerprint density at radius 2 is 2.00 bits per heavy atom. The summed E-state index contributed by atoms with van der Waals surface area (Å²) in [6, 6.07) is 8.00. The van der Waals surface area contributed by atoms with Crippen molar-refractivity contribution in [2.45, 2.75) is 13.5 Å². The molecule has 1 aliphatic heterocycles. The number of nitrogens with one attached hydrogen (secondary N) is 1. The van der Waals surface area contributed by atoms with Gasteiger partial charge in [0.2, 0.25) is 5.91 Å². The number of benzene rings is 1. The fourth-order valence-corrected chi connectivity index (χ4v) is 2.05. The van der Waals surface area contributed by atoms with E-state index in [2.05, 4.69) is 22.3 Å².